The molecule has 0 spiro atoms. The van der Waals surface area contributed by atoms with Crippen LogP contribution in [0.2, 0.25) is 0 Å². The Labute approximate surface area is 86.3 Å². The second-order valence-electron chi connectivity index (χ2n) is 5.17. The van der Waals surface area contributed by atoms with Crippen molar-refractivity contribution in [2.45, 2.75) is 46.0 Å². The van der Waals surface area contributed by atoms with Gasteiger partial charge in [-0.3, -0.25) is 0 Å². The Balaban J connectivity index is 3.29. The molecule has 1 aromatic heterocycles. The van der Waals surface area contributed by atoms with Crippen LogP contribution in [0.25, 0.3) is 0 Å². The van der Waals surface area contributed by atoms with E-state index in [1.807, 2.05) is 11.6 Å². The number of aromatic nitrogens is 2. The molecule has 1 aromatic rings. The summed E-state index contributed by atoms with van der Waals surface area (Å²) in [7, 11) is 1.98. The zero-order valence-corrected chi connectivity index (χ0v) is 10.0. The van der Waals surface area contributed by atoms with Crippen molar-refractivity contribution in [3.8, 4) is 0 Å². The van der Waals surface area contributed by atoms with E-state index in [4.69, 9.17) is 5.73 Å². The number of rotatable bonds is 1. The number of hydrogen-bond donors (Lipinski definition) is 1. The Morgan fingerprint density at radius 3 is 2.00 bits per heavy atom. The minimum absolute atomic E-state index is 0.0228. The summed E-state index contributed by atoms with van der Waals surface area (Å²) in [6.45, 7) is 10.7. The first kappa shape index (κ1) is 11.1. The Hall–Kier alpha value is -0.990. The third-order valence-electron chi connectivity index (χ3n) is 2.40. The smallest absolute Gasteiger partial charge is 0.127 e. The third kappa shape index (κ3) is 1.76. The van der Waals surface area contributed by atoms with Crippen LogP contribution in [0.1, 0.15) is 52.1 Å². The Bertz CT molecular complexity index is 329. The fourth-order valence-corrected chi connectivity index (χ4v) is 1.60. The Kier molecular flexibility index (Phi) is 2.61. The van der Waals surface area contributed by atoms with Crippen LogP contribution in [0, 0.1) is 0 Å². The molecule has 0 amide bonds. The van der Waals surface area contributed by atoms with E-state index in [1.165, 1.54) is 0 Å². The maximum absolute atomic E-state index is 6.03. The highest BCUT2D eigenvalue weighted by molar-refractivity contribution is 5.42. The van der Waals surface area contributed by atoms with E-state index in [0.29, 0.717) is 5.92 Å². The molecule has 0 aliphatic heterocycles. The van der Waals surface area contributed by atoms with Gasteiger partial charge < -0.3 is 10.3 Å². The van der Waals surface area contributed by atoms with Crippen molar-refractivity contribution in [1.29, 1.82) is 0 Å². The molecule has 0 fully saturated rings. The summed E-state index contributed by atoms with van der Waals surface area (Å²) in [6.07, 6.45) is 0. The van der Waals surface area contributed by atoms with Crippen molar-refractivity contribution in [3.63, 3.8) is 0 Å². The normalized spacial score (nSPS) is 12.5. The van der Waals surface area contributed by atoms with Crippen LogP contribution in [0.3, 0.4) is 0 Å². The maximum Gasteiger partial charge on any atom is 0.127 e. The summed E-state index contributed by atoms with van der Waals surface area (Å²) >= 11 is 0. The summed E-state index contributed by atoms with van der Waals surface area (Å²) in [5, 5.41) is 0. The van der Waals surface area contributed by atoms with Crippen LogP contribution in [0.15, 0.2) is 0 Å². The van der Waals surface area contributed by atoms with Gasteiger partial charge in [0.25, 0.3) is 0 Å². The van der Waals surface area contributed by atoms with Gasteiger partial charge >= 0.3 is 0 Å². The number of nitrogens with zero attached hydrogens (tertiary/aromatic N) is 2. The summed E-state index contributed by atoms with van der Waals surface area (Å²) < 4.78 is 1.99. The second-order valence-corrected chi connectivity index (χ2v) is 5.17. The van der Waals surface area contributed by atoms with Gasteiger partial charge in [-0.25, -0.2) is 4.98 Å². The average molecular weight is 195 g/mol. The molecule has 0 saturated heterocycles. The molecule has 0 saturated carbocycles. The van der Waals surface area contributed by atoms with Gasteiger partial charge in [0, 0.05) is 18.4 Å². The lowest BCUT2D eigenvalue weighted by atomic mass is 9.92. The molecular weight excluding hydrogens is 174 g/mol. The topological polar surface area (TPSA) is 43.8 Å². The van der Waals surface area contributed by atoms with Crippen molar-refractivity contribution >= 4 is 5.82 Å². The van der Waals surface area contributed by atoms with E-state index in [2.05, 4.69) is 39.6 Å². The molecule has 80 valence electrons. The largest absolute Gasteiger partial charge is 0.384 e. The second kappa shape index (κ2) is 3.30. The lowest BCUT2D eigenvalue weighted by Gasteiger charge is -2.16. The molecule has 1 heterocycles. The van der Waals surface area contributed by atoms with Crippen molar-refractivity contribution < 1.29 is 0 Å². The molecule has 3 nitrogen and oxygen atoms in total. The maximum atomic E-state index is 6.03. The van der Waals surface area contributed by atoms with E-state index in [1.54, 1.807) is 0 Å². The van der Waals surface area contributed by atoms with Crippen molar-refractivity contribution in [2.75, 3.05) is 5.73 Å². The first-order chi connectivity index (χ1) is 6.25. The third-order valence-corrected chi connectivity index (χ3v) is 2.40. The van der Waals surface area contributed by atoms with Gasteiger partial charge in [0.15, 0.2) is 0 Å². The summed E-state index contributed by atoms with van der Waals surface area (Å²) in [6, 6.07) is 0. The molecule has 0 bridgehead atoms. The number of nitrogen functional groups attached to an aromatic ring is 1. The predicted octanol–water partition coefficient (Wildman–Crippen LogP) is 2.42. The fraction of sp³-hybridized carbons (Fsp3) is 0.727. The molecular formula is C11H21N3. The lowest BCUT2D eigenvalue weighted by molar-refractivity contribution is 0.571. The first-order valence-corrected chi connectivity index (χ1v) is 5.07. The summed E-state index contributed by atoms with van der Waals surface area (Å²) in [5.74, 6) is 2.27. The van der Waals surface area contributed by atoms with Crippen molar-refractivity contribution in [3.05, 3.63) is 11.5 Å². The minimum atomic E-state index is 0.0228. The van der Waals surface area contributed by atoms with E-state index in [9.17, 15) is 0 Å². The first-order valence-electron chi connectivity index (χ1n) is 5.07. The van der Waals surface area contributed by atoms with E-state index in [0.717, 1.165) is 17.3 Å². The van der Waals surface area contributed by atoms with Gasteiger partial charge in [0.2, 0.25) is 0 Å². The summed E-state index contributed by atoms with van der Waals surface area (Å²) in [5.41, 5.74) is 7.05. The molecule has 0 unspecified atom stereocenters. The zero-order valence-electron chi connectivity index (χ0n) is 10.0. The standard InChI is InChI=1S/C11H21N3/c1-7(2)10-13-8(11(3,4)5)9(12)14(10)6/h7H,12H2,1-6H3. The quantitative estimate of drug-likeness (QED) is 0.748. The van der Waals surface area contributed by atoms with Crippen molar-refractivity contribution in [2.24, 2.45) is 7.05 Å². The SMILES string of the molecule is CC(C)c1nc(C(C)(C)C)c(N)n1C. The van der Waals surface area contributed by atoms with E-state index < -0.39 is 0 Å². The van der Waals surface area contributed by atoms with Crippen LogP contribution in [-0.4, -0.2) is 9.55 Å². The summed E-state index contributed by atoms with van der Waals surface area (Å²) in [4.78, 5) is 4.62. The molecule has 0 aliphatic rings. The molecule has 1 rings (SSSR count). The molecule has 0 radical (unpaired) electrons. The monoisotopic (exact) mass is 195 g/mol. The van der Waals surface area contributed by atoms with Crippen LogP contribution >= 0.6 is 0 Å². The van der Waals surface area contributed by atoms with Crippen molar-refractivity contribution in [1.82, 2.24) is 9.55 Å². The average Bonchev–Trinajstić information content (AvgIpc) is 2.28. The van der Waals surface area contributed by atoms with Gasteiger partial charge in [-0.05, 0) is 0 Å². The highest BCUT2D eigenvalue weighted by Crippen LogP contribution is 2.29. The molecule has 0 atom stereocenters. The number of anilines is 1. The highest BCUT2D eigenvalue weighted by Gasteiger charge is 2.24. The Morgan fingerprint density at radius 2 is 1.79 bits per heavy atom. The number of hydrogen-bond acceptors (Lipinski definition) is 2. The number of nitrogens with two attached hydrogens (primary N) is 1. The van der Waals surface area contributed by atoms with Gasteiger partial charge in [-0.1, -0.05) is 34.6 Å². The van der Waals surface area contributed by atoms with Crippen LogP contribution in [-0.2, 0) is 12.5 Å². The molecule has 2 N–H and O–H groups in total. The fourth-order valence-electron chi connectivity index (χ4n) is 1.60. The Morgan fingerprint density at radius 1 is 1.29 bits per heavy atom. The van der Waals surface area contributed by atoms with Gasteiger partial charge in [0.1, 0.15) is 11.6 Å². The molecule has 3 heteroatoms. The molecule has 14 heavy (non-hydrogen) atoms. The van der Waals surface area contributed by atoms with Crippen LogP contribution < -0.4 is 5.73 Å². The molecule has 0 aromatic carbocycles. The van der Waals surface area contributed by atoms with Crippen LogP contribution in [0.4, 0.5) is 5.82 Å². The minimum Gasteiger partial charge on any atom is -0.384 e. The van der Waals surface area contributed by atoms with E-state index >= 15 is 0 Å². The van der Waals surface area contributed by atoms with Gasteiger partial charge in [0.05, 0.1) is 5.69 Å². The lowest BCUT2D eigenvalue weighted by Crippen LogP contribution is -2.14. The van der Waals surface area contributed by atoms with Gasteiger partial charge in [-0.15, -0.1) is 0 Å². The molecule has 0 aliphatic carbocycles. The van der Waals surface area contributed by atoms with Crippen LogP contribution in [0.5, 0.6) is 0 Å². The highest BCUT2D eigenvalue weighted by atomic mass is 15.1. The predicted molar refractivity (Wildman–Crippen MR) is 60.4 cm³/mol. The van der Waals surface area contributed by atoms with E-state index in [-0.39, 0.29) is 5.41 Å². The zero-order chi connectivity index (χ0) is 11.1. The number of imidazole rings is 1. The van der Waals surface area contributed by atoms with Gasteiger partial charge in [-0.2, -0.15) is 0 Å².